The van der Waals surface area contributed by atoms with Gasteiger partial charge in [0.15, 0.2) is 0 Å². The molecule has 0 aromatic heterocycles. The Morgan fingerprint density at radius 1 is 1.22 bits per heavy atom. The van der Waals surface area contributed by atoms with Gasteiger partial charge < -0.3 is 10.2 Å². The molecule has 1 aromatic rings. The van der Waals surface area contributed by atoms with E-state index in [1.165, 1.54) is 6.92 Å². The monoisotopic (exact) mass is 248 g/mol. The van der Waals surface area contributed by atoms with Crippen molar-refractivity contribution in [3.05, 3.63) is 30.3 Å². The maximum absolute atomic E-state index is 11.8. The second-order valence-electron chi connectivity index (χ2n) is 4.71. The van der Waals surface area contributed by atoms with Gasteiger partial charge in [-0.3, -0.25) is 9.59 Å². The lowest BCUT2D eigenvalue weighted by Crippen LogP contribution is -2.38. The Bertz CT molecular complexity index is 402. The minimum Gasteiger partial charge on any atom is -0.333 e. The summed E-state index contributed by atoms with van der Waals surface area (Å²) in [5.41, 5.74) is 0.746. The van der Waals surface area contributed by atoms with Crippen LogP contribution in [-0.2, 0) is 9.59 Å². The van der Waals surface area contributed by atoms with E-state index >= 15 is 0 Å². The molecule has 0 saturated carbocycles. The summed E-state index contributed by atoms with van der Waals surface area (Å²) in [6.45, 7) is 6.22. The summed E-state index contributed by atoms with van der Waals surface area (Å²) in [5.74, 6) is 0.0994. The maximum Gasteiger partial charge on any atom is 0.243 e. The number of para-hydroxylation sites is 1. The SMILES string of the molecule is CC(=O)N(CC(=O)Nc1ccccc1)CC(C)C. The Kier molecular flexibility index (Phi) is 5.36. The van der Waals surface area contributed by atoms with Crippen LogP contribution in [0.25, 0.3) is 0 Å². The van der Waals surface area contributed by atoms with Crippen molar-refractivity contribution in [3.63, 3.8) is 0 Å². The Hall–Kier alpha value is -1.84. The van der Waals surface area contributed by atoms with Gasteiger partial charge >= 0.3 is 0 Å². The zero-order chi connectivity index (χ0) is 13.5. The van der Waals surface area contributed by atoms with Crippen molar-refractivity contribution in [2.24, 2.45) is 5.92 Å². The number of carbonyl (C=O) groups is 2. The molecular formula is C14H20N2O2. The summed E-state index contributed by atoms with van der Waals surface area (Å²) in [7, 11) is 0. The Labute approximate surface area is 108 Å². The van der Waals surface area contributed by atoms with E-state index in [-0.39, 0.29) is 18.4 Å². The van der Waals surface area contributed by atoms with Gasteiger partial charge in [0.05, 0.1) is 6.54 Å². The maximum atomic E-state index is 11.8. The lowest BCUT2D eigenvalue weighted by atomic mass is 10.2. The summed E-state index contributed by atoms with van der Waals surface area (Å²) < 4.78 is 0. The molecule has 0 spiro atoms. The number of nitrogens with zero attached hydrogens (tertiary/aromatic N) is 1. The fourth-order valence-corrected chi connectivity index (χ4v) is 1.64. The summed E-state index contributed by atoms with van der Waals surface area (Å²) in [4.78, 5) is 24.8. The first kappa shape index (κ1) is 14.2. The van der Waals surface area contributed by atoms with Gasteiger partial charge in [-0.05, 0) is 18.1 Å². The molecule has 0 aliphatic carbocycles. The Morgan fingerprint density at radius 2 is 1.83 bits per heavy atom. The third-order valence-corrected chi connectivity index (χ3v) is 2.42. The summed E-state index contributed by atoms with van der Waals surface area (Å²) in [5, 5.41) is 2.77. The van der Waals surface area contributed by atoms with Crippen molar-refractivity contribution in [1.29, 1.82) is 0 Å². The standard InChI is InChI=1S/C14H20N2O2/c1-11(2)9-16(12(3)17)10-14(18)15-13-7-5-4-6-8-13/h4-8,11H,9-10H2,1-3H3,(H,15,18). The van der Waals surface area contributed by atoms with Crippen molar-refractivity contribution < 1.29 is 9.59 Å². The Balaban J connectivity index is 2.54. The molecule has 1 rings (SSSR count). The minimum atomic E-state index is -0.169. The molecule has 0 aliphatic rings. The predicted molar refractivity (Wildman–Crippen MR) is 72.2 cm³/mol. The van der Waals surface area contributed by atoms with Gasteiger partial charge in [-0.25, -0.2) is 0 Å². The van der Waals surface area contributed by atoms with Gasteiger partial charge in [-0.15, -0.1) is 0 Å². The van der Waals surface area contributed by atoms with Crippen LogP contribution in [0.15, 0.2) is 30.3 Å². The first-order valence-corrected chi connectivity index (χ1v) is 6.09. The molecule has 4 heteroatoms. The molecule has 0 atom stereocenters. The van der Waals surface area contributed by atoms with Crippen LogP contribution >= 0.6 is 0 Å². The van der Waals surface area contributed by atoms with Crippen LogP contribution in [0.4, 0.5) is 5.69 Å². The fraction of sp³-hybridized carbons (Fsp3) is 0.429. The quantitative estimate of drug-likeness (QED) is 0.867. The Morgan fingerprint density at radius 3 is 2.33 bits per heavy atom. The van der Waals surface area contributed by atoms with Gasteiger partial charge in [0.25, 0.3) is 0 Å². The van der Waals surface area contributed by atoms with E-state index < -0.39 is 0 Å². The molecule has 0 heterocycles. The molecule has 4 nitrogen and oxygen atoms in total. The number of anilines is 1. The van der Waals surface area contributed by atoms with E-state index in [2.05, 4.69) is 5.32 Å². The second kappa shape index (κ2) is 6.79. The third-order valence-electron chi connectivity index (χ3n) is 2.42. The molecule has 1 N–H and O–H groups in total. The second-order valence-corrected chi connectivity index (χ2v) is 4.71. The van der Waals surface area contributed by atoms with Crippen molar-refractivity contribution in [2.45, 2.75) is 20.8 Å². The van der Waals surface area contributed by atoms with E-state index in [9.17, 15) is 9.59 Å². The number of hydrogen-bond acceptors (Lipinski definition) is 2. The molecule has 18 heavy (non-hydrogen) atoms. The van der Waals surface area contributed by atoms with Crippen molar-refractivity contribution >= 4 is 17.5 Å². The van der Waals surface area contributed by atoms with Crippen LogP contribution in [0.2, 0.25) is 0 Å². The molecular weight excluding hydrogens is 228 g/mol. The van der Waals surface area contributed by atoms with E-state index in [0.29, 0.717) is 12.5 Å². The molecule has 0 saturated heterocycles. The molecule has 0 unspecified atom stereocenters. The number of rotatable bonds is 5. The minimum absolute atomic E-state index is 0.0769. The molecule has 0 bridgehead atoms. The van der Waals surface area contributed by atoms with E-state index in [1.54, 1.807) is 4.90 Å². The van der Waals surface area contributed by atoms with Crippen LogP contribution in [0.3, 0.4) is 0 Å². The van der Waals surface area contributed by atoms with Gasteiger partial charge in [0.1, 0.15) is 0 Å². The number of nitrogens with one attached hydrogen (secondary N) is 1. The molecule has 2 amide bonds. The van der Waals surface area contributed by atoms with Gasteiger partial charge in [0, 0.05) is 19.2 Å². The smallest absolute Gasteiger partial charge is 0.243 e. The molecule has 98 valence electrons. The van der Waals surface area contributed by atoms with Crippen LogP contribution in [0, 0.1) is 5.92 Å². The number of hydrogen-bond donors (Lipinski definition) is 1. The highest BCUT2D eigenvalue weighted by Crippen LogP contribution is 2.05. The van der Waals surface area contributed by atoms with Gasteiger partial charge in [0.2, 0.25) is 11.8 Å². The lowest BCUT2D eigenvalue weighted by molar-refractivity contribution is -0.133. The number of benzene rings is 1. The highest BCUT2D eigenvalue weighted by molar-refractivity contribution is 5.94. The highest BCUT2D eigenvalue weighted by atomic mass is 16.2. The van der Waals surface area contributed by atoms with Crippen LogP contribution in [-0.4, -0.2) is 29.8 Å². The van der Waals surface area contributed by atoms with E-state index in [1.807, 2.05) is 44.2 Å². The van der Waals surface area contributed by atoms with Gasteiger partial charge in [-0.1, -0.05) is 32.0 Å². The zero-order valence-electron chi connectivity index (χ0n) is 11.1. The highest BCUT2D eigenvalue weighted by Gasteiger charge is 2.14. The zero-order valence-corrected chi connectivity index (χ0v) is 11.1. The fourth-order valence-electron chi connectivity index (χ4n) is 1.64. The van der Waals surface area contributed by atoms with Crippen LogP contribution in [0.1, 0.15) is 20.8 Å². The van der Waals surface area contributed by atoms with Crippen LogP contribution < -0.4 is 5.32 Å². The van der Waals surface area contributed by atoms with Crippen molar-refractivity contribution in [1.82, 2.24) is 4.90 Å². The number of carbonyl (C=O) groups excluding carboxylic acids is 2. The molecule has 0 aliphatic heterocycles. The average molecular weight is 248 g/mol. The largest absolute Gasteiger partial charge is 0.333 e. The van der Waals surface area contributed by atoms with Crippen molar-refractivity contribution in [2.75, 3.05) is 18.4 Å². The first-order chi connectivity index (χ1) is 8.49. The normalized spacial score (nSPS) is 10.2. The van der Waals surface area contributed by atoms with E-state index in [0.717, 1.165) is 5.69 Å². The average Bonchev–Trinajstić information content (AvgIpc) is 2.28. The van der Waals surface area contributed by atoms with Crippen molar-refractivity contribution in [3.8, 4) is 0 Å². The number of amides is 2. The summed E-state index contributed by atoms with van der Waals surface area (Å²) in [6.07, 6.45) is 0. The first-order valence-electron chi connectivity index (χ1n) is 6.09. The molecule has 1 aromatic carbocycles. The topological polar surface area (TPSA) is 49.4 Å². The van der Waals surface area contributed by atoms with Gasteiger partial charge in [-0.2, -0.15) is 0 Å². The third kappa shape index (κ3) is 4.99. The molecule has 0 fully saturated rings. The summed E-state index contributed by atoms with van der Waals surface area (Å²) in [6, 6.07) is 9.23. The molecule has 0 radical (unpaired) electrons. The predicted octanol–water partition coefficient (Wildman–Crippen LogP) is 2.13. The van der Waals surface area contributed by atoms with E-state index in [4.69, 9.17) is 0 Å². The summed E-state index contributed by atoms with van der Waals surface area (Å²) >= 11 is 0. The van der Waals surface area contributed by atoms with Crippen LogP contribution in [0.5, 0.6) is 0 Å². The lowest BCUT2D eigenvalue weighted by Gasteiger charge is -2.22.